The van der Waals surface area contributed by atoms with Crippen molar-refractivity contribution in [2.24, 2.45) is 17.4 Å². The van der Waals surface area contributed by atoms with E-state index in [4.69, 9.17) is 11.5 Å². The van der Waals surface area contributed by atoms with Gasteiger partial charge in [0, 0.05) is 12.6 Å². The zero-order valence-corrected chi connectivity index (χ0v) is 12.6. The van der Waals surface area contributed by atoms with Gasteiger partial charge in [-0.2, -0.15) is 0 Å². The number of carbonyl (C=O) groups is 1. The Bertz CT molecular complexity index is 429. The molecule has 5 N–H and O–H groups in total. The highest BCUT2D eigenvalue weighted by Gasteiger charge is 2.25. The number of nitrogens with one attached hydrogen (secondary N) is 1. The molecule has 0 aliphatic heterocycles. The molecule has 0 radical (unpaired) electrons. The van der Waals surface area contributed by atoms with Crippen LogP contribution >= 0.6 is 0 Å². The first-order chi connectivity index (χ1) is 10.2. The third-order valence-corrected chi connectivity index (χ3v) is 4.44. The van der Waals surface area contributed by atoms with E-state index in [1.807, 2.05) is 30.3 Å². The predicted molar refractivity (Wildman–Crippen MR) is 85.7 cm³/mol. The van der Waals surface area contributed by atoms with Crippen molar-refractivity contribution in [2.75, 3.05) is 6.54 Å². The lowest BCUT2D eigenvalue weighted by molar-refractivity contribution is -0.123. The third-order valence-electron chi connectivity index (χ3n) is 4.44. The predicted octanol–water partition coefficient (Wildman–Crippen LogP) is 1.58. The molecule has 0 bridgehead atoms. The Morgan fingerprint density at radius 3 is 2.48 bits per heavy atom. The molecule has 1 aromatic rings. The topological polar surface area (TPSA) is 81.1 Å². The normalized spacial score (nSPS) is 19.0. The number of hydrogen-bond acceptors (Lipinski definition) is 3. The molecule has 1 aliphatic rings. The molecular weight excluding hydrogens is 262 g/mol. The fourth-order valence-corrected chi connectivity index (χ4v) is 3.16. The lowest BCUT2D eigenvalue weighted by atomic mass is 9.83. The van der Waals surface area contributed by atoms with Crippen LogP contribution in [0.5, 0.6) is 0 Å². The van der Waals surface area contributed by atoms with Gasteiger partial charge in [-0.25, -0.2) is 0 Å². The highest BCUT2D eigenvalue weighted by atomic mass is 16.2. The van der Waals surface area contributed by atoms with E-state index >= 15 is 0 Å². The van der Waals surface area contributed by atoms with E-state index in [0.29, 0.717) is 18.9 Å². The van der Waals surface area contributed by atoms with Crippen LogP contribution in [0.3, 0.4) is 0 Å². The SMILES string of the molecule is NCC(NC(=O)[C@@H](N)Cc1ccccc1)C1CCCCC1. The van der Waals surface area contributed by atoms with Gasteiger partial charge < -0.3 is 16.8 Å². The van der Waals surface area contributed by atoms with Crippen LogP contribution in [0.2, 0.25) is 0 Å². The van der Waals surface area contributed by atoms with Crippen molar-refractivity contribution < 1.29 is 4.79 Å². The van der Waals surface area contributed by atoms with Crippen molar-refractivity contribution in [3.63, 3.8) is 0 Å². The monoisotopic (exact) mass is 289 g/mol. The quantitative estimate of drug-likeness (QED) is 0.743. The van der Waals surface area contributed by atoms with Gasteiger partial charge in [0.1, 0.15) is 0 Å². The standard InChI is InChI=1S/C17H27N3O/c18-12-16(14-9-5-2-6-10-14)20-17(21)15(19)11-13-7-3-1-4-8-13/h1,3-4,7-8,14-16H,2,5-6,9-12,18-19H2,(H,20,21)/t15-,16?/m0/s1. The van der Waals surface area contributed by atoms with Crippen LogP contribution in [-0.4, -0.2) is 24.5 Å². The summed E-state index contributed by atoms with van der Waals surface area (Å²) in [7, 11) is 0. The average molecular weight is 289 g/mol. The van der Waals surface area contributed by atoms with Crippen LogP contribution in [0.4, 0.5) is 0 Å². The second-order valence-corrected chi connectivity index (χ2v) is 6.05. The van der Waals surface area contributed by atoms with Gasteiger partial charge in [-0.1, -0.05) is 49.6 Å². The molecule has 4 nitrogen and oxygen atoms in total. The molecule has 1 saturated carbocycles. The van der Waals surface area contributed by atoms with Gasteiger partial charge >= 0.3 is 0 Å². The minimum absolute atomic E-state index is 0.0691. The lowest BCUT2D eigenvalue weighted by Crippen LogP contribution is -2.51. The number of nitrogens with two attached hydrogens (primary N) is 2. The molecule has 1 unspecified atom stereocenters. The van der Waals surface area contributed by atoms with Crippen LogP contribution in [0.25, 0.3) is 0 Å². The Balaban J connectivity index is 1.86. The van der Waals surface area contributed by atoms with E-state index in [0.717, 1.165) is 18.4 Å². The summed E-state index contributed by atoms with van der Waals surface area (Å²) in [6.07, 6.45) is 6.68. The van der Waals surface area contributed by atoms with E-state index in [-0.39, 0.29) is 11.9 Å². The summed E-state index contributed by atoms with van der Waals surface area (Å²) in [5.74, 6) is 0.427. The van der Waals surface area contributed by atoms with Gasteiger partial charge in [-0.05, 0) is 30.7 Å². The molecule has 2 atom stereocenters. The molecule has 1 amide bonds. The summed E-state index contributed by atoms with van der Waals surface area (Å²) >= 11 is 0. The molecule has 0 saturated heterocycles. The molecule has 1 fully saturated rings. The molecule has 0 spiro atoms. The van der Waals surface area contributed by atoms with Gasteiger partial charge in [-0.3, -0.25) is 4.79 Å². The molecule has 1 aliphatic carbocycles. The Hall–Kier alpha value is -1.39. The smallest absolute Gasteiger partial charge is 0.237 e. The average Bonchev–Trinajstić information content (AvgIpc) is 2.54. The zero-order chi connectivity index (χ0) is 15.1. The van der Waals surface area contributed by atoms with Crippen LogP contribution in [0.1, 0.15) is 37.7 Å². The van der Waals surface area contributed by atoms with Crippen molar-refractivity contribution in [2.45, 2.75) is 50.6 Å². The van der Waals surface area contributed by atoms with Crippen LogP contribution in [0, 0.1) is 5.92 Å². The van der Waals surface area contributed by atoms with E-state index < -0.39 is 6.04 Å². The van der Waals surface area contributed by atoms with E-state index in [2.05, 4.69) is 5.32 Å². The molecule has 21 heavy (non-hydrogen) atoms. The van der Waals surface area contributed by atoms with E-state index in [9.17, 15) is 4.79 Å². The summed E-state index contributed by atoms with van der Waals surface area (Å²) in [4.78, 5) is 12.3. The summed E-state index contributed by atoms with van der Waals surface area (Å²) in [6.45, 7) is 0.495. The van der Waals surface area contributed by atoms with Crippen molar-refractivity contribution in [3.8, 4) is 0 Å². The highest BCUT2D eigenvalue weighted by molar-refractivity contribution is 5.82. The number of rotatable bonds is 6. The number of amides is 1. The van der Waals surface area contributed by atoms with Gasteiger partial charge in [0.05, 0.1) is 6.04 Å². The van der Waals surface area contributed by atoms with Crippen LogP contribution in [0.15, 0.2) is 30.3 Å². The summed E-state index contributed by atoms with van der Waals surface area (Å²) in [5.41, 5.74) is 13.0. The Labute approximate surface area is 127 Å². The molecular formula is C17H27N3O. The van der Waals surface area contributed by atoms with Gasteiger partial charge in [0.15, 0.2) is 0 Å². The van der Waals surface area contributed by atoms with Crippen molar-refractivity contribution in [1.29, 1.82) is 0 Å². The lowest BCUT2D eigenvalue weighted by Gasteiger charge is -2.30. The largest absolute Gasteiger partial charge is 0.350 e. The number of benzene rings is 1. The van der Waals surface area contributed by atoms with Gasteiger partial charge in [0.25, 0.3) is 0 Å². The minimum atomic E-state index is -0.509. The Morgan fingerprint density at radius 1 is 1.19 bits per heavy atom. The number of hydrogen-bond donors (Lipinski definition) is 3. The van der Waals surface area contributed by atoms with Crippen molar-refractivity contribution in [3.05, 3.63) is 35.9 Å². The van der Waals surface area contributed by atoms with Crippen molar-refractivity contribution >= 4 is 5.91 Å². The zero-order valence-electron chi connectivity index (χ0n) is 12.6. The summed E-state index contributed by atoms with van der Waals surface area (Å²) in [6, 6.07) is 9.44. The summed E-state index contributed by atoms with van der Waals surface area (Å²) < 4.78 is 0. The van der Waals surface area contributed by atoms with Crippen LogP contribution in [-0.2, 0) is 11.2 Å². The fourth-order valence-electron chi connectivity index (χ4n) is 3.16. The van der Waals surface area contributed by atoms with Gasteiger partial charge in [0.2, 0.25) is 5.91 Å². The first-order valence-corrected chi connectivity index (χ1v) is 8.00. The molecule has 4 heteroatoms. The highest BCUT2D eigenvalue weighted by Crippen LogP contribution is 2.26. The molecule has 2 rings (SSSR count). The van der Waals surface area contributed by atoms with Crippen LogP contribution < -0.4 is 16.8 Å². The second-order valence-electron chi connectivity index (χ2n) is 6.05. The molecule has 0 heterocycles. The third kappa shape index (κ3) is 4.83. The van der Waals surface area contributed by atoms with Gasteiger partial charge in [-0.15, -0.1) is 0 Å². The van der Waals surface area contributed by atoms with E-state index in [1.54, 1.807) is 0 Å². The first-order valence-electron chi connectivity index (χ1n) is 8.00. The second kappa shape index (κ2) is 8.15. The molecule has 116 valence electrons. The Morgan fingerprint density at radius 2 is 1.86 bits per heavy atom. The Kier molecular flexibility index (Phi) is 6.21. The first kappa shape index (κ1) is 16.0. The van der Waals surface area contributed by atoms with Crippen molar-refractivity contribution in [1.82, 2.24) is 5.32 Å². The fraction of sp³-hybridized carbons (Fsp3) is 0.588. The molecule has 0 aromatic heterocycles. The maximum Gasteiger partial charge on any atom is 0.237 e. The molecule has 1 aromatic carbocycles. The van der Waals surface area contributed by atoms with E-state index in [1.165, 1.54) is 19.3 Å². The minimum Gasteiger partial charge on any atom is -0.350 e. The maximum atomic E-state index is 12.3. The number of carbonyl (C=O) groups excluding carboxylic acids is 1. The summed E-state index contributed by atoms with van der Waals surface area (Å²) in [5, 5.41) is 3.07. The maximum absolute atomic E-state index is 12.3.